The molecule has 4 nitrogen and oxygen atoms in total. The molecule has 2 aromatic rings. The van der Waals surface area contributed by atoms with E-state index in [0.717, 1.165) is 34.9 Å². The van der Waals surface area contributed by atoms with Gasteiger partial charge in [-0.15, -0.1) is 0 Å². The summed E-state index contributed by atoms with van der Waals surface area (Å²) in [5.74, 6) is 0.904. The molecule has 0 amide bonds. The quantitative estimate of drug-likeness (QED) is 0.909. The molecule has 0 radical (unpaired) electrons. The number of methoxy groups -OCH3 is 1. The van der Waals surface area contributed by atoms with Crippen LogP contribution in [0.1, 0.15) is 36.8 Å². The fourth-order valence-electron chi connectivity index (χ4n) is 2.51. The minimum atomic E-state index is 0.216. The molecule has 20 heavy (non-hydrogen) atoms. The summed E-state index contributed by atoms with van der Waals surface area (Å²) in [6.07, 6.45) is 1.88. The molecule has 0 bridgehead atoms. The molecule has 0 fully saturated rings. The van der Waals surface area contributed by atoms with Crippen molar-refractivity contribution in [3.05, 3.63) is 41.5 Å². The van der Waals surface area contributed by atoms with Gasteiger partial charge in [-0.1, -0.05) is 13.0 Å². The lowest BCUT2D eigenvalue weighted by Crippen LogP contribution is -2.20. The number of imidazole rings is 1. The zero-order valence-corrected chi connectivity index (χ0v) is 12.9. The van der Waals surface area contributed by atoms with Crippen molar-refractivity contribution in [3.8, 4) is 11.4 Å². The number of nitrogens with zero attached hydrogens (tertiary/aromatic N) is 2. The van der Waals surface area contributed by atoms with Crippen molar-refractivity contribution < 1.29 is 4.74 Å². The third-order valence-electron chi connectivity index (χ3n) is 3.72. The second-order valence-corrected chi connectivity index (χ2v) is 4.96. The number of nitrogens with one attached hydrogen (secondary N) is 1. The van der Waals surface area contributed by atoms with Gasteiger partial charge in [0.05, 0.1) is 24.8 Å². The summed E-state index contributed by atoms with van der Waals surface area (Å²) in [4.78, 5) is 4.40. The molecule has 1 aromatic carbocycles. The Morgan fingerprint density at radius 1 is 1.35 bits per heavy atom. The molecule has 1 unspecified atom stereocenters. The molecule has 108 valence electrons. The standard InChI is InChI=1S/C16H23N3O/c1-6-17-12(3)16-14(8-7-9-15(16)20-5)19-10-18-11(2)13(19)4/h7-10,12,17H,6H2,1-5H3. The normalized spacial score (nSPS) is 12.4. The van der Waals surface area contributed by atoms with E-state index < -0.39 is 0 Å². The smallest absolute Gasteiger partial charge is 0.125 e. The van der Waals surface area contributed by atoms with Gasteiger partial charge in [-0.05, 0) is 39.4 Å². The minimum Gasteiger partial charge on any atom is -0.496 e. The van der Waals surface area contributed by atoms with Crippen molar-refractivity contribution in [1.29, 1.82) is 0 Å². The number of benzene rings is 1. The molecule has 2 rings (SSSR count). The number of hydrogen-bond acceptors (Lipinski definition) is 3. The first-order valence-corrected chi connectivity index (χ1v) is 7.01. The van der Waals surface area contributed by atoms with Gasteiger partial charge in [0.2, 0.25) is 0 Å². The monoisotopic (exact) mass is 273 g/mol. The number of aryl methyl sites for hydroxylation is 1. The van der Waals surface area contributed by atoms with Crippen molar-refractivity contribution in [2.75, 3.05) is 13.7 Å². The largest absolute Gasteiger partial charge is 0.496 e. The van der Waals surface area contributed by atoms with Crippen molar-refractivity contribution in [1.82, 2.24) is 14.9 Å². The van der Waals surface area contributed by atoms with Gasteiger partial charge in [-0.2, -0.15) is 0 Å². The Hall–Kier alpha value is -1.81. The maximum atomic E-state index is 5.55. The Bertz CT molecular complexity index is 589. The number of aromatic nitrogens is 2. The van der Waals surface area contributed by atoms with E-state index in [-0.39, 0.29) is 6.04 Å². The van der Waals surface area contributed by atoms with Crippen LogP contribution in [0.15, 0.2) is 24.5 Å². The van der Waals surface area contributed by atoms with Crippen molar-refractivity contribution in [2.24, 2.45) is 0 Å². The van der Waals surface area contributed by atoms with Crippen LogP contribution in [0.2, 0.25) is 0 Å². The van der Waals surface area contributed by atoms with Crippen LogP contribution < -0.4 is 10.1 Å². The van der Waals surface area contributed by atoms with Crippen LogP contribution in [-0.4, -0.2) is 23.2 Å². The summed E-state index contributed by atoms with van der Waals surface area (Å²) in [5, 5.41) is 3.46. The Morgan fingerprint density at radius 3 is 2.65 bits per heavy atom. The second-order valence-electron chi connectivity index (χ2n) is 4.96. The predicted molar refractivity (Wildman–Crippen MR) is 81.7 cm³/mol. The average molecular weight is 273 g/mol. The highest BCUT2D eigenvalue weighted by atomic mass is 16.5. The van der Waals surface area contributed by atoms with Crippen LogP contribution >= 0.6 is 0 Å². The fraction of sp³-hybridized carbons (Fsp3) is 0.438. The number of hydrogen-bond donors (Lipinski definition) is 1. The van der Waals surface area contributed by atoms with Gasteiger partial charge in [-0.25, -0.2) is 4.98 Å². The first-order chi connectivity index (χ1) is 9.60. The predicted octanol–water partition coefficient (Wildman–Crippen LogP) is 3.17. The average Bonchev–Trinajstić information content (AvgIpc) is 2.78. The zero-order valence-electron chi connectivity index (χ0n) is 12.9. The highest BCUT2D eigenvalue weighted by Crippen LogP contribution is 2.32. The number of ether oxygens (including phenoxy) is 1. The SMILES string of the molecule is CCNC(C)c1c(OC)cccc1-n1cnc(C)c1C. The summed E-state index contributed by atoms with van der Waals surface area (Å²) < 4.78 is 7.67. The lowest BCUT2D eigenvalue weighted by molar-refractivity contribution is 0.402. The lowest BCUT2D eigenvalue weighted by atomic mass is 10.0. The topological polar surface area (TPSA) is 39.1 Å². The van der Waals surface area contributed by atoms with Crippen LogP contribution in [-0.2, 0) is 0 Å². The van der Waals surface area contributed by atoms with Gasteiger partial charge in [0.25, 0.3) is 0 Å². The summed E-state index contributed by atoms with van der Waals surface area (Å²) >= 11 is 0. The van der Waals surface area contributed by atoms with E-state index in [1.54, 1.807) is 7.11 Å². The van der Waals surface area contributed by atoms with Crippen LogP contribution in [0.25, 0.3) is 5.69 Å². The molecule has 4 heteroatoms. The minimum absolute atomic E-state index is 0.216. The van der Waals surface area contributed by atoms with E-state index in [4.69, 9.17) is 4.74 Å². The molecule has 1 heterocycles. The van der Waals surface area contributed by atoms with Crippen molar-refractivity contribution in [3.63, 3.8) is 0 Å². The maximum Gasteiger partial charge on any atom is 0.125 e. The summed E-state index contributed by atoms with van der Waals surface area (Å²) in [6.45, 7) is 9.30. The van der Waals surface area contributed by atoms with E-state index in [1.165, 1.54) is 0 Å². The van der Waals surface area contributed by atoms with Crippen molar-refractivity contribution >= 4 is 0 Å². The molecule has 1 atom stereocenters. The van der Waals surface area contributed by atoms with E-state index in [1.807, 2.05) is 25.4 Å². The molecule has 0 spiro atoms. The molecule has 0 aliphatic heterocycles. The summed E-state index contributed by atoms with van der Waals surface area (Å²) in [6, 6.07) is 6.35. The van der Waals surface area contributed by atoms with Crippen molar-refractivity contribution in [2.45, 2.75) is 33.7 Å². The Kier molecular flexibility index (Phi) is 4.45. The third-order valence-corrected chi connectivity index (χ3v) is 3.72. The Balaban J connectivity index is 2.60. The molecule has 1 N–H and O–H groups in total. The third kappa shape index (κ3) is 2.56. The van der Waals surface area contributed by atoms with Gasteiger partial charge in [-0.3, -0.25) is 0 Å². The van der Waals surface area contributed by atoms with Gasteiger partial charge in [0.15, 0.2) is 0 Å². The van der Waals surface area contributed by atoms with Crippen LogP contribution in [0, 0.1) is 13.8 Å². The van der Waals surface area contributed by atoms with Gasteiger partial charge >= 0.3 is 0 Å². The van der Waals surface area contributed by atoms with E-state index in [2.05, 4.69) is 41.7 Å². The molecule has 1 aromatic heterocycles. The zero-order chi connectivity index (χ0) is 14.7. The molecule has 0 aliphatic rings. The van der Waals surface area contributed by atoms with Gasteiger partial charge in [0.1, 0.15) is 5.75 Å². The van der Waals surface area contributed by atoms with Crippen LogP contribution in [0.3, 0.4) is 0 Å². The molecule has 0 saturated carbocycles. The first-order valence-electron chi connectivity index (χ1n) is 7.01. The highest BCUT2D eigenvalue weighted by Gasteiger charge is 2.18. The van der Waals surface area contributed by atoms with Crippen LogP contribution in [0.4, 0.5) is 0 Å². The van der Waals surface area contributed by atoms with Crippen LogP contribution in [0.5, 0.6) is 5.75 Å². The fourth-order valence-corrected chi connectivity index (χ4v) is 2.51. The number of rotatable bonds is 5. The summed E-state index contributed by atoms with van der Waals surface area (Å²) in [5.41, 5.74) is 4.49. The molecule has 0 aliphatic carbocycles. The lowest BCUT2D eigenvalue weighted by Gasteiger charge is -2.21. The Labute approximate surface area is 120 Å². The highest BCUT2D eigenvalue weighted by molar-refractivity contribution is 5.52. The second kappa shape index (κ2) is 6.09. The maximum absolute atomic E-state index is 5.55. The van der Waals surface area contributed by atoms with Gasteiger partial charge in [0, 0.05) is 17.3 Å². The van der Waals surface area contributed by atoms with E-state index in [9.17, 15) is 0 Å². The molecular formula is C16H23N3O. The van der Waals surface area contributed by atoms with E-state index in [0.29, 0.717) is 0 Å². The molecule has 0 saturated heterocycles. The molecular weight excluding hydrogens is 250 g/mol. The van der Waals surface area contributed by atoms with Gasteiger partial charge < -0.3 is 14.6 Å². The van der Waals surface area contributed by atoms with E-state index >= 15 is 0 Å². The summed E-state index contributed by atoms with van der Waals surface area (Å²) in [7, 11) is 1.72. The first kappa shape index (κ1) is 14.6. The Morgan fingerprint density at radius 2 is 2.10 bits per heavy atom.